The molecule has 62 valence electrons. The first-order valence-corrected chi connectivity index (χ1v) is 4.99. The predicted octanol–water partition coefficient (Wildman–Crippen LogP) is 2.16. The van der Waals surface area contributed by atoms with E-state index >= 15 is 0 Å². The minimum atomic E-state index is 0.559. The average Bonchev–Trinajstić information content (AvgIpc) is 2.31. The van der Waals surface area contributed by atoms with Crippen LogP contribution in [-0.2, 0) is 0 Å². The molecule has 0 saturated heterocycles. The van der Waals surface area contributed by atoms with Gasteiger partial charge in [-0.05, 0) is 33.8 Å². The van der Waals surface area contributed by atoms with Gasteiger partial charge in [-0.1, -0.05) is 0 Å². The average molecular weight is 236 g/mol. The van der Waals surface area contributed by atoms with Gasteiger partial charge in [0.05, 0.1) is 4.47 Å². The number of thiophene rings is 1. The largest absolute Gasteiger partial charge is 0.482 e. The zero-order valence-electron chi connectivity index (χ0n) is 6.26. The Balaban J connectivity index is 2.63. The van der Waals surface area contributed by atoms with E-state index in [1.807, 2.05) is 6.92 Å². The lowest BCUT2D eigenvalue weighted by atomic mass is 10.4. The molecule has 1 aromatic heterocycles. The molecule has 0 atom stereocenters. The molecule has 0 spiro atoms. The maximum atomic E-state index is 5.35. The first-order valence-electron chi connectivity index (χ1n) is 3.32. The zero-order chi connectivity index (χ0) is 8.27. The number of hydrogen-bond acceptors (Lipinski definition) is 3. The molecule has 1 rings (SSSR count). The summed E-state index contributed by atoms with van der Waals surface area (Å²) in [6.07, 6.45) is 0. The number of nitrogens with two attached hydrogens (primary N) is 1. The van der Waals surface area contributed by atoms with Gasteiger partial charge in [-0.3, -0.25) is 0 Å². The van der Waals surface area contributed by atoms with Gasteiger partial charge < -0.3 is 10.5 Å². The summed E-state index contributed by atoms with van der Waals surface area (Å²) in [5, 5.41) is 2.98. The van der Waals surface area contributed by atoms with Crippen LogP contribution in [0.15, 0.2) is 9.85 Å². The van der Waals surface area contributed by atoms with Crippen LogP contribution < -0.4 is 10.5 Å². The minimum Gasteiger partial charge on any atom is -0.482 e. The molecule has 4 heteroatoms. The van der Waals surface area contributed by atoms with Gasteiger partial charge in [-0.15, -0.1) is 11.3 Å². The molecule has 0 radical (unpaired) electrons. The van der Waals surface area contributed by atoms with Crippen molar-refractivity contribution in [2.45, 2.75) is 6.92 Å². The van der Waals surface area contributed by atoms with E-state index in [0.717, 1.165) is 9.54 Å². The molecule has 2 N–H and O–H groups in total. The summed E-state index contributed by atoms with van der Waals surface area (Å²) in [4.78, 5) is 0. The van der Waals surface area contributed by atoms with Crippen molar-refractivity contribution in [3.05, 3.63) is 15.4 Å². The van der Waals surface area contributed by atoms with Crippen LogP contribution in [0.3, 0.4) is 0 Å². The van der Waals surface area contributed by atoms with E-state index in [2.05, 4.69) is 21.3 Å². The molecule has 11 heavy (non-hydrogen) atoms. The highest BCUT2D eigenvalue weighted by molar-refractivity contribution is 9.10. The monoisotopic (exact) mass is 235 g/mol. The second kappa shape index (κ2) is 4.09. The molecule has 1 aromatic rings. The molecule has 0 unspecified atom stereocenters. The summed E-state index contributed by atoms with van der Waals surface area (Å²) in [7, 11) is 0. The lowest BCUT2D eigenvalue weighted by molar-refractivity contribution is 0.336. The third-order valence-electron chi connectivity index (χ3n) is 1.22. The summed E-state index contributed by atoms with van der Waals surface area (Å²) in [5.74, 6) is 0. The van der Waals surface area contributed by atoms with Gasteiger partial charge in [-0.2, -0.15) is 0 Å². The maximum absolute atomic E-state index is 5.35. The molecule has 1 heterocycles. The molecular formula is C7H10BrNOS. The highest BCUT2D eigenvalue weighted by Gasteiger charge is 2.05. The quantitative estimate of drug-likeness (QED) is 0.872. The second-order valence-electron chi connectivity index (χ2n) is 2.16. The molecule has 0 aliphatic carbocycles. The summed E-state index contributed by atoms with van der Waals surface area (Å²) in [6, 6.07) is 0. The SMILES string of the molecule is Cc1csc(OCCN)c1Br. The smallest absolute Gasteiger partial charge is 0.188 e. The fraction of sp³-hybridized carbons (Fsp3) is 0.429. The van der Waals surface area contributed by atoms with Crippen molar-refractivity contribution >= 4 is 27.3 Å². The van der Waals surface area contributed by atoms with Gasteiger partial charge in [0.2, 0.25) is 0 Å². The van der Waals surface area contributed by atoms with Crippen LogP contribution >= 0.6 is 27.3 Å². The van der Waals surface area contributed by atoms with Gasteiger partial charge in [0.1, 0.15) is 6.61 Å². The summed E-state index contributed by atoms with van der Waals surface area (Å²) in [5.41, 5.74) is 6.51. The normalized spacial score (nSPS) is 10.1. The lowest BCUT2D eigenvalue weighted by Crippen LogP contribution is -2.10. The van der Waals surface area contributed by atoms with Gasteiger partial charge in [0, 0.05) is 6.54 Å². The molecule has 0 aliphatic heterocycles. The molecule has 0 amide bonds. The summed E-state index contributed by atoms with van der Waals surface area (Å²) >= 11 is 5.02. The Bertz CT molecular complexity index is 236. The Morgan fingerprint density at radius 1 is 1.73 bits per heavy atom. The van der Waals surface area contributed by atoms with Crippen LogP contribution in [0, 0.1) is 6.92 Å². The van der Waals surface area contributed by atoms with Crippen LogP contribution in [0.2, 0.25) is 0 Å². The van der Waals surface area contributed by atoms with Crippen LogP contribution in [-0.4, -0.2) is 13.2 Å². The Labute approximate surface area is 78.5 Å². The molecule has 0 fully saturated rings. The Morgan fingerprint density at radius 3 is 2.91 bits per heavy atom. The fourth-order valence-corrected chi connectivity index (χ4v) is 2.13. The van der Waals surface area contributed by atoms with Crippen molar-refractivity contribution in [3.8, 4) is 5.06 Å². The number of aryl methyl sites for hydroxylation is 1. The first kappa shape index (κ1) is 9.03. The highest BCUT2D eigenvalue weighted by Crippen LogP contribution is 2.34. The maximum Gasteiger partial charge on any atom is 0.188 e. The number of ether oxygens (including phenoxy) is 1. The van der Waals surface area contributed by atoms with Gasteiger partial charge >= 0.3 is 0 Å². The number of rotatable bonds is 3. The van der Waals surface area contributed by atoms with Crippen molar-refractivity contribution in [1.82, 2.24) is 0 Å². The molecular weight excluding hydrogens is 226 g/mol. The first-order chi connectivity index (χ1) is 5.25. The van der Waals surface area contributed by atoms with Crippen molar-refractivity contribution in [2.75, 3.05) is 13.2 Å². The van der Waals surface area contributed by atoms with Gasteiger partial charge in [0.15, 0.2) is 5.06 Å². The van der Waals surface area contributed by atoms with Gasteiger partial charge in [0.25, 0.3) is 0 Å². The summed E-state index contributed by atoms with van der Waals surface area (Å²) in [6.45, 7) is 3.18. The molecule has 0 aliphatic rings. The molecule has 0 aromatic carbocycles. The Morgan fingerprint density at radius 2 is 2.45 bits per heavy atom. The Kier molecular flexibility index (Phi) is 3.36. The van der Waals surface area contributed by atoms with E-state index < -0.39 is 0 Å². The number of halogens is 1. The molecule has 0 saturated carbocycles. The standard InChI is InChI=1S/C7H10BrNOS/c1-5-4-11-7(6(5)8)10-3-2-9/h4H,2-3,9H2,1H3. The second-order valence-corrected chi connectivity index (χ2v) is 3.79. The van der Waals surface area contributed by atoms with Gasteiger partial charge in [-0.25, -0.2) is 0 Å². The van der Waals surface area contributed by atoms with E-state index in [4.69, 9.17) is 10.5 Å². The lowest BCUT2D eigenvalue weighted by Gasteiger charge is -2.00. The van der Waals surface area contributed by atoms with E-state index in [1.165, 1.54) is 5.56 Å². The predicted molar refractivity (Wildman–Crippen MR) is 51.3 cm³/mol. The van der Waals surface area contributed by atoms with E-state index in [0.29, 0.717) is 13.2 Å². The van der Waals surface area contributed by atoms with Crippen molar-refractivity contribution < 1.29 is 4.74 Å². The van der Waals surface area contributed by atoms with E-state index in [-0.39, 0.29) is 0 Å². The third kappa shape index (κ3) is 2.18. The van der Waals surface area contributed by atoms with Crippen LogP contribution in [0.4, 0.5) is 0 Å². The van der Waals surface area contributed by atoms with Crippen LogP contribution in [0.1, 0.15) is 5.56 Å². The van der Waals surface area contributed by atoms with Crippen molar-refractivity contribution in [2.24, 2.45) is 5.73 Å². The van der Waals surface area contributed by atoms with E-state index in [1.54, 1.807) is 11.3 Å². The highest BCUT2D eigenvalue weighted by atomic mass is 79.9. The topological polar surface area (TPSA) is 35.2 Å². The third-order valence-corrected chi connectivity index (χ3v) is 3.47. The molecule has 0 bridgehead atoms. The molecule has 2 nitrogen and oxygen atoms in total. The van der Waals surface area contributed by atoms with E-state index in [9.17, 15) is 0 Å². The summed E-state index contributed by atoms with van der Waals surface area (Å²) < 4.78 is 6.41. The van der Waals surface area contributed by atoms with Crippen LogP contribution in [0.25, 0.3) is 0 Å². The van der Waals surface area contributed by atoms with Crippen molar-refractivity contribution in [3.63, 3.8) is 0 Å². The zero-order valence-corrected chi connectivity index (χ0v) is 8.67. The number of hydrogen-bond donors (Lipinski definition) is 1. The van der Waals surface area contributed by atoms with Crippen molar-refractivity contribution in [1.29, 1.82) is 0 Å². The van der Waals surface area contributed by atoms with Crippen LogP contribution in [0.5, 0.6) is 5.06 Å². The Hall–Kier alpha value is -0.0600. The fourth-order valence-electron chi connectivity index (χ4n) is 0.655. The minimum absolute atomic E-state index is 0.559.